The van der Waals surface area contributed by atoms with Gasteiger partial charge in [-0.15, -0.1) is 0 Å². The Morgan fingerprint density at radius 3 is 2.75 bits per heavy atom. The lowest BCUT2D eigenvalue weighted by atomic mass is 10.1. The molecular weight excluding hydrogens is 254 g/mol. The van der Waals surface area contributed by atoms with Gasteiger partial charge >= 0.3 is 0 Å². The van der Waals surface area contributed by atoms with Crippen LogP contribution in [0.25, 0.3) is 0 Å². The molecule has 0 amide bonds. The standard InChI is InChI=1S/C14H23N5O/c1-3-11(2)18-7-9-19(10-8-18)12-5-4-6-16-13(12)14(15)17-20/h4-6,11,20H,3,7-10H2,1-2H3,(H2,15,17). The van der Waals surface area contributed by atoms with Gasteiger partial charge in [0.15, 0.2) is 5.84 Å². The first-order chi connectivity index (χ1) is 9.67. The molecule has 0 aliphatic carbocycles. The van der Waals surface area contributed by atoms with Crippen LogP contribution in [0, 0.1) is 0 Å². The van der Waals surface area contributed by atoms with E-state index < -0.39 is 0 Å². The summed E-state index contributed by atoms with van der Waals surface area (Å²) in [6.45, 7) is 8.40. The van der Waals surface area contributed by atoms with Gasteiger partial charge in [-0.05, 0) is 25.5 Å². The minimum absolute atomic E-state index is 0.0601. The molecule has 1 aromatic heterocycles. The third kappa shape index (κ3) is 3.01. The molecule has 1 aliphatic rings. The molecule has 20 heavy (non-hydrogen) atoms. The molecule has 0 saturated carbocycles. The van der Waals surface area contributed by atoms with Crippen LogP contribution in [0.1, 0.15) is 26.0 Å². The normalized spacial score (nSPS) is 19.1. The summed E-state index contributed by atoms with van der Waals surface area (Å²) in [5, 5.41) is 11.9. The summed E-state index contributed by atoms with van der Waals surface area (Å²) in [5.74, 6) is 0.0601. The van der Waals surface area contributed by atoms with Crippen LogP contribution in [-0.4, -0.2) is 53.1 Å². The van der Waals surface area contributed by atoms with Crippen LogP contribution in [0.3, 0.4) is 0 Å². The quantitative estimate of drug-likeness (QED) is 0.373. The first-order valence-electron chi connectivity index (χ1n) is 7.09. The Bertz CT molecular complexity index is 468. The fraction of sp³-hybridized carbons (Fsp3) is 0.571. The van der Waals surface area contributed by atoms with E-state index in [1.54, 1.807) is 6.20 Å². The molecule has 2 rings (SSSR count). The van der Waals surface area contributed by atoms with E-state index >= 15 is 0 Å². The summed E-state index contributed by atoms with van der Waals surface area (Å²) < 4.78 is 0. The Morgan fingerprint density at radius 2 is 2.15 bits per heavy atom. The zero-order valence-corrected chi connectivity index (χ0v) is 12.2. The van der Waals surface area contributed by atoms with Crippen LogP contribution in [0.5, 0.6) is 0 Å². The number of hydrogen-bond donors (Lipinski definition) is 2. The van der Waals surface area contributed by atoms with Gasteiger partial charge in [-0.25, -0.2) is 0 Å². The number of oxime groups is 1. The van der Waals surface area contributed by atoms with Crippen molar-refractivity contribution in [3.8, 4) is 0 Å². The Morgan fingerprint density at radius 1 is 1.45 bits per heavy atom. The van der Waals surface area contributed by atoms with Crippen molar-refractivity contribution in [3.63, 3.8) is 0 Å². The number of aromatic nitrogens is 1. The van der Waals surface area contributed by atoms with Gasteiger partial charge in [0.05, 0.1) is 5.69 Å². The second-order valence-electron chi connectivity index (χ2n) is 5.14. The number of anilines is 1. The average molecular weight is 277 g/mol. The molecule has 0 bridgehead atoms. The van der Waals surface area contributed by atoms with Gasteiger partial charge in [0.1, 0.15) is 5.69 Å². The van der Waals surface area contributed by atoms with Crippen molar-refractivity contribution in [2.24, 2.45) is 10.9 Å². The molecule has 1 unspecified atom stereocenters. The van der Waals surface area contributed by atoms with Crippen molar-refractivity contribution >= 4 is 11.5 Å². The fourth-order valence-corrected chi connectivity index (χ4v) is 2.56. The molecule has 2 heterocycles. The van der Waals surface area contributed by atoms with E-state index in [-0.39, 0.29) is 5.84 Å². The highest BCUT2D eigenvalue weighted by molar-refractivity contribution is 6.00. The Hall–Kier alpha value is -1.82. The summed E-state index contributed by atoms with van der Waals surface area (Å²) in [6, 6.07) is 4.47. The molecule has 6 nitrogen and oxygen atoms in total. The number of nitrogens with two attached hydrogens (primary N) is 1. The number of rotatable bonds is 4. The summed E-state index contributed by atoms with van der Waals surface area (Å²) in [5.41, 5.74) is 7.18. The van der Waals surface area contributed by atoms with Crippen LogP contribution >= 0.6 is 0 Å². The number of pyridine rings is 1. The molecule has 1 aromatic rings. The molecule has 6 heteroatoms. The smallest absolute Gasteiger partial charge is 0.190 e. The maximum Gasteiger partial charge on any atom is 0.190 e. The Kier molecular flexibility index (Phi) is 4.79. The van der Waals surface area contributed by atoms with E-state index in [0.717, 1.165) is 31.9 Å². The van der Waals surface area contributed by atoms with E-state index in [1.165, 1.54) is 6.42 Å². The van der Waals surface area contributed by atoms with Gasteiger partial charge in [0.2, 0.25) is 0 Å². The zero-order valence-electron chi connectivity index (χ0n) is 12.2. The average Bonchev–Trinajstić information content (AvgIpc) is 2.53. The van der Waals surface area contributed by atoms with Gasteiger partial charge in [0.25, 0.3) is 0 Å². The van der Waals surface area contributed by atoms with Crippen LogP contribution in [0.15, 0.2) is 23.5 Å². The number of hydrogen-bond acceptors (Lipinski definition) is 5. The van der Waals surface area contributed by atoms with Crippen molar-refractivity contribution < 1.29 is 5.21 Å². The highest BCUT2D eigenvalue weighted by atomic mass is 16.4. The van der Waals surface area contributed by atoms with Crippen molar-refractivity contribution in [2.45, 2.75) is 26.3 Å². The Labute approximate surface area is 119 Å². The summed E-state index contributed by atoms with van der Waals surface area (Å²) in [4.78, 5) is 8.97. The maximum atomic E-state index is 8.85. The molecule has 3 N–H and O–H groups in total. The van der Waals surface area contributed by atoms with Crippen LogP contribution < -0.4 is 10.6 Å². The number of piperazine rings is 1. The summed E-state index contributed by atoms with van der Waals surface area (Å²) in [6.07, 6.45) is 2.83. The minimum Gasteiger partial charge on any atom is -0.409 e. The lowest BCUT2D eigenvalue weighted by Crippen LogP contribution is -2.50. The molecule has 1 atom stereocenters. The first kappa shape index (κ1) is 14.6. The van der Waals surface area contributed by atoms with Crippen molar-refractivity contribution in [3.05, 3.63) is 24.0 Å². The molecule has 0 radical (unpaired) electrons. The second kappa shape index (κ2) is 6.56. The van der Waals surface area contributed by atoms with Crippen molar-refractivity contribution in [1.29, 1.82) is 0 Å². The van der Waals surface area contributed by atoms with Gasteiger partial charge in [0, 0.05) is 38.4 Å². The molecule has 1 saturated heterocycles. The first-order valence-corrected chi connectivity index (χ1v) is 7.09. The Balaban J connectivity index is 2.11. The lowest BCUT2D eigenvalue weighted by molar-refractivity contribution is 0.193. The predicted octanol–water partition coefficient (Wildman–Crippen LogP) is 1.10. The highest BCUT2D eigenvalue weighted by Gasteiger charge is 2.22. The largest absolute Gasteiger partial charge is 0.409 e. The van der Waals surface area contributed by atoms with Crippen molar-refractivity contribution in [2.75, 3.05) is 31.1 Å². The predicted molar refractivity (Wildman–Crippen MR) is 80.3 cm³/mol. The summed E-state index contributed by atoms with van der Waals surface area (Å²) in [7, 11) is 0. The van der Waals surface area contributed by atoms with Gasteiger partial charge in [-0.3, -0.25) is 9.88 Å². The summed E-state index contributed by atoms with van der Waals surface area (Å²) >= 11 is 0. The second-order valence-corrected chi connectivity index (χ2v) is 5.14. The number of nitrogens with zero attached hydrogens (tertiary/aromatic N) is 4. The molecular formula is C14H23N5O. The lowest BCUT2D eigenvalue weighted by Gasteiger charge is -2.39. The highest BCUT2D eigenvalue weighted by Crippen LogP contribution is 2.20. The maximum absolute atomic E-state index is 8.85. The van der Waals surface area contributed by atoms with E-state index in [1.807, 2.05) is 12.1 Å². The van der Waals surface area contributed by atoms with E-state index in [0.29, 0.717) is 11.7 Å². The van der Waals surface area contributed by atoms with Crippen LogP contribution in [-0.2, 0) is 0 Å². The molecule has 1 aliphatic heterocycles. The molecule has 110 valence electrons. The van der Waals surface area contributed by atoms with Crippen LogP contribution in [0.2, 0.25) is 0 Å². The fourth-order valence-electron chi connectivity index (χ4n) is 2.56. The van der Waals surface area contributed by atoms with E-state index in [2.05, 4.69) is 33.8 Å². The van der Waals surface area contributed by atoms with Gasteiger partial charge in [-0.1, -0.05) is 12.1 Å². The molecule has 0 aromatic carbocycles. The third-order valence-electron chi connectivity index (χ3n) is 4.01. The van der Waals surface area contributed by atoms with Crippen molar-refractivity contribution in [1.82, 2.24) is 9.88 Å². The van der Waals surface area contributed by atoms with E-state index in [4.69, 9.17) is 10.9 Å². The van der Waals surface area contributed by atoms with Crippen LogP contribution in [0.4, 0.5) is 5.69 Å². The topological polar surface area (TPSA) is 78.0 Å². The SMILES string of the molecule is CCC(C)N1CCN(c2cccnc2/C(N)=N/O)CC1. The van der Waals surface area contributed by atoms with E-state index in [9.17, 15) is 0 Å². The third-order valence-corrected chi connectivity index (χ3v) is 4.01. The molecule has 0 spiro atoms. The monoisotopic (exact) mass is 277 g/mol. The number of amidine groups is 1. The van der Waals surface area contributed by atoms with Gasteiger partial charge in [-0.2, -0.15) is 0 Å². The van der Waals surface area contributed by atoms with Gasteiger partial charge < -0.3 is 15.8 Å². The zero-order chi connectivity index (χ0) is 14.5. The minimum atomic E-state index is 0.0601. The molecule has 1 fully saturated rings.